The Bertz CT molecular complexity index is 497. The lowest BCUT2D eigenvalue weighted by Gasteiger charge is -2.16. The van der Waals surface area contributed by atoms with E-state index in [0.717, 1.165) is 0 Å². The summed E-state index contributed by atoms with van der Waals surface area (Å²) in [4.78, 5) is 7.75. The summed E-state index contributed by atoms with van der Waals surface area (Å²) in [5.74, 6) is 0. The fraction of sp³-hybridized carbons (Fsp3) is 0.364. The van der Waals surface area contributed by atoms with Crippen molar-refractivity contribution in [2.24, 2.45) is 0 Å². The highest BCUT2D eigenvalue weighted by atomic mass is 35.5. The third-order valence-electron chi connectivity index (χ3n) is 2.43. The Balaban J connectivity index is 2.43. The van der Waals surface area contributed by atoms with E-state index in [9.17, 15) is 5.11 Å². The predicted octanol–water partition coefficient (Wildman–Crippen LogP) is 1.99. The van der Waals surface area contributed by atoms with Crippen LogP contribution in [0.4, 0.5) is 0 Å². The van der Waals surface area contributed by atoms with Crippen molar-refractivity contribution in [2.45, 2.75) is 26.0 Å². The topological polar surface area (TPSA) is 63.8 Å². The molecule has 2 aromatic heterocycles. The normalized spacial score (nSPS) is 13.0. The quantitative estimate of drug-likeness (QED) is 0.907. The molecule has 0 aliphatic rings. The van der Waals surface area contributed by atoms with E-state index in [-0.39, 0.29) is 6.04 Å². The molecule has 6 heteroatoms. The lowest BCUT2D eigenvalue weighted by atomic mass is 10.1. The lowest BCUT2D eigenvalue weighted by molar-refractivity contribution is 0.204. The van der Waals surface area contributed by atoms with E-state index >= 15 is 0 Å². The largest absolute Gasteiger partial charge is 0.382 e. The number of nitrogens with zero attached hydrogens (tertiary/aromatic N) is 4. The number of aliphatic hydroxyl groups excluding tert-OH is 1. The summed E-state index contributed by atoms with van der Waals surface area (Å²) in [6.07, 6.45) is 5.20. The molecule has 0 aromatic carbocycles. The molecular formula is C11H13ClN4O. The van der Waals surface area contributed by atoms with Crippen LogP contribution < -0.4 is 0 Å². The van der Waals surface area contributed by atoms with E-state index in [2.05, 4.69) is 15.1 Å². The Morgan fingerprint density at radius 3 is 2.47 bits per heavy atom. The van der Waals surface area contributed by atoms with Gasteiger partial charge in [-0.1, -0.05) is 11.6 Å². The van der Waals surface area contributed by atoms with Gasteiger partial charge in [-0.2, -0.15) is 5.10 Å². The SMILES string of the molecule is CC(C)n1ncc(Cl)c1C(O)c1cncnc1. The van der Waals surface area contributed by atoms with Crippen LogP contribution >= 0.6 is 11.6 Å². The van der Waals surface area contributed by atoms with Crippen LogP contribution in [0, 0.1) is 0 Å². The molecule has 1 atom stereocenters. The van der Waals surface area contributed by atoms with Crippen LogP contribution in [0.3, 0.4) is 0 Å². The van der Waals surface area contributed by atoms with Gasteiger partial charge in [0.1, 0.15) is 12.4 Å². The van der Waals surface area contributed by atoms with Gasteiger partial charge in [0.2, 0.25) is 0 Å². The van der Waals surface area contributed by atoms with Crippen LogP contribution in [0.1, 0.15) is 37.3 Å². The zero-order chi connectivity index (χ0) is 12.4. The smallest absolute Gasteiger partial charge is 0.125 e. The maximum absolute atomic E-state index is 10.3. The molecule has 0 radical (unpaired) electrons. The van der Waals surface area contributed by atoms with Crippen molar-refractivity contribution in [3.63, 3.8) is 0 Å². The summed E-state index contributed by atoms with van der Waals surface area (Å²) < 4.78 is 1.69. The molecule has 0 bridgehead atoms. The second-order valence-corrected chi connectivity index (χ2v) is 4.40. The summed E-state index contributed by atoms with van der Waals surface area (Å²) in [5.41, 5.74) is 1.16. The molecule has 1 unspecified atom stereocenters. The molecule has 2 heterocycles. The van der Waals surface area contributed by atoms with Crippen LogP contribution in [-0.2, 0) is 0 Å². The van der Waals surface area contributed by atoms with Gasteiger partial charge in [0.15, 0.2) is 0 Å². The van der Waals surface area contributed by atoms with E-state index in [0.29, 0.717) is 16.3 Å². The lowest BCUT2D eigenvalue weighted by Crippen LogP contribution is -2.12. The van der Waals surface area contributed by atoms with Crippen LogP contribution in [0.2, 0.25) is 5.02 Å². The van der Waals surface area contributed by atoms with Gasteiger partial charge in [-0.05, 0) is 13.8 Å². The first-order valence-corrected chi connectivity index (χ1v) is 5.65. The highest BCUT2D eigenvalue weighted by Gasteiger charge is 2.21. The van der Waals surface area contributed by atoms with Crippen molar-refractivity contribution in [1.82, 2.24) is 19.7 Å². The summed E-state index contributed by atoms with van der Waals surface area (Å²) in [6, 6.07) is 0.122. The van der Waals surface area contributed by atoms with Crippen molar-refractivity contribution in [3.05, 3.63) is 41.2 Å². The number of rotatable bonds is 3. The second-order valence-electron chi connectivity index (χ2n) is 3.99. The van der Waals surface area contributed by atoms with Crippen molar-refractivity contribution in [3.8, 4) is 0 Å². The average Bonchev–Trinajstić information content (AvgIpc) is 2.71. The summed E-state index contributed by atoms with van der Waals surface area (Å²) in [6.45, 7) is 3.95. The van der Waals surface area contributed by atoms with Gasteiger partial charge in [-0.15, -0.1) is 0 Å². The van der Waals surface area contributed by atoms with Crippen molar-refractivity contribution < 1.29 is 5.11 Å². The van der Waals surface area contributed by atoms with Crippen molar-refractivity contribution >= 4 is 11.6 Å². The Morgan fingerprint density at radius 2 is 1.88 bits per heavy atom. The van der Waals surface area contributed by atoms with E-state index in [1.165, 1.54) is 12.5 Å². The highest BCUT2D eigenvalue weighted by molar-refractivity contribution is 6.31. The molecule has 0 amide bonds. The minimum Gasteiger partial charge on any atom is -0.382 e. The molecular weight excluding hydrogens is 240 g/mol. The summed E-state index contributed by atoms with van der Waals surface area (Å²) >= 11 is 6.05. The van der Waals surface area contributed by atoms with Crippen molar-refractivity contribution in [1.29, 1.82) is 0 Å². The number of hydrogen-bond donors (Lipinski definition) is 1. The maximum Gasteiger partial charge on any atom is 0.125 e. The third kappa shape index (κ3) is 2.30. The Morgan fingerprint density at radius 1 is 1.24 bits per heavy atom. The third-order valence-corrected chi connectivity index (χ3v) is 2.72. The second kappa shape index (κ2) is 4.81. The van der Waals surface area contributed by atoms with Crippen molar-refractivity contribution in [2.75, 3.05) is 0 Å². The molecule has 17 heavy (non-hydrogen) atoms. The minimum atomic E-state index is -0.867. The van der Waals surface area contributed by atoms with Crippen LogP contribution in [0.5, 0.6) is 0 Å². The predicted molar refractivity (Wildman–Crippen MR) is 63.7 cm³/mol. The van der Waals surface area contributed by atoms with Gasteiger partial charge in [0.05, 0.1) is 16.9 Å². The zero-order valence-electron chi connectivity index (χ0n) is 9.58. The van der Waals surface area contributed by atoms with Gasteiger partial charge >= 0.3 is 0 Å². The minimum absolute atomic E-state index is 0.122. The molecule has 0 saturated heterocycles. The standard InChI is InChI=1S/C11H13ClN4O/c1-7(2)16-10(9(12)5-15-16)11(17)8-3-13-6-14-4-8/h3-7,11,17H,1-2H3. The van der Waals surface area contributed by atoms with Gasteiger partial charge in [0.25, 0.3) is 0 Å². The Labute approximate surface area is 104 Å². The van der Waals surface area contributed by atoms with Gasteiger partial charge in [-0.25, -0.2) is 9.97 Å². The first-order chi connectivity index (χ1) is 8.11. The monoisotopic (exact) mass is 252 g/mol. The Hall–Kier alpha value is -1.46. The molecule has 0 aliphatic carbocycles. The molecule has 0 saturated carbocycles. The number of hydrogen-bond acceptors (Lipinski definition) is 4. The molecule has 5 nitrogen and oxygen atoms in total. The first-order valence-electron chi connectivity index (χ1n) is 5.27. The summed E-state index contributed by atoms with van der Waals surface area (Å²) in [5, 5.41) is 14.9. The zero-order valence-corrected chi connectivity index (χ0v) is 10.3. The summed E-state index contributed by atoms with van der Waals surface area (Å²) in [7, 11) is 0. The maximum atomic E-state index is 10.3. The molecule has 2 aromatic rings. The number of aromatic nitrogens is 4. The highest BCUT2D eigenvalue weighted by Crippen LogP contribution is 2.29. The average molecular weight is 253 g/mol. The molecule has 0 fully saturated rings. The molecule has 90 valence electrons. The molecule has 1 N–H and O–H groups in total. The Kier molecular flexibility index (Phi) is 3.40. The first kappa shape index (κ1) is 12.0. The van der Waals surface area contributed by atoms with Crippen LogP contribution in [0.25, 0.3) is 0 Å². The van der Waals surface area contributed by atoms with E-state index in [1.54, 1.807) is 17.1 Å². The van der Waals surface area contributed by atoms with E-state index < -0.39 is 6.10 Å². The van der Waals surface area contributed by atoms with E-state index in [1.807, 2.05) is 13.8 Å². The number of halogens is 1. The fourth-order valence-corrected chi connectivity index (χ4v) is 1.86. The molecule has 0 spiro atoms. The fourth-order valence-electron chi connectivity index (χ4n) is 1.63. The van der Waals surface area contributed by atoms with E-state index in [4.69, 9.17) is 11.6 Å². The van der Waals surface area contributed by atoms with Crippen LogP contribution in [-0.4, -0.2) is 24.9 Å². The molecule has 0 aliphatic heterocycles. The van der Waals surface area contributed by atoms with Gasteiger partial charge in [0, 0.05) is 24.0 Å². The van der Waals surface area contributed by atoms with Gasteiger partial charge in [-0.3, -0.25) is 4.68 Å². The van der Waals surface area contributed by atoms with Gasteiger partial charge < -0.3 is 5.11 Å². The van der Waals surface area contributed by atoms with Crippen LogP contribution in [0.15, 0.2) is 24.9 Å². The molecule has 2 rings (SSSR count). The number of aliphatic hydroxyl groups is 1.